The minimum Gasteiger partial charge on any atom is -0.341 e. The topological polar surface area (TPSA) is 32.3 Å². The molecule has 0 radical (unpaired) electrons. The summed E-state index contributed by atoms with van der Waals surface area (Å²) in [5.74, 6) is 1.01. The fraction of sp³-hybridized carbons (Fsp3) is 0.917. The SMILES string of the molecule is CCCN(CC1CC1)C(=O)C(C)(C)NC. The first kappa shape index (κ1) is 12.5. The van der Waals surface area contributed by atoms with Gasteiger partial charge in [0.05, 0.1) is 5.54 Å². The molecule has 15 heavy (non-hydrogen) atoms. The van der Waals surface area contributed by atoms with Crippen molar-refractivity contribution in [2.45, 2.75) is 45.6 Å². The van der Waals surface area contributed by atoms with Crippen LogP contribution in [0.2, 0.25) is 0 Å². The Morgan fingerprint density at radius 2 is 2.07 bits per heavy atom. The van der Waals surface area contributed by atoms with E-state index in [2.05, 4.69) is 12.2 Å². The average Bonchev–Trinajstić information content (AvgIpc) is 3.00. The van der Waals surface area contributed by atoms with Gasteiger partial charge in [-0.2, -0.15) is 0 Å². The maximum absolute atomic E-state index is 12.2. The first-order chi connectivity index (χ1) is 7.01. The Morgan fingerprint density at radius 1 is 1.47 bits per heavy atom. The molecule has 0 spiro atoms. The van der Waals surface area contributed by atoms with Crippen LogP contribution in [0.25, 0.3) is 0 Å². The molecule has 0 aromatic heterocycles. The van der Waals surface area contributed by atoms with Crippen molar-refractivity contribution in [3.63, 3.8) is 0 Å². The van der Waals surface area contributed by atoms with E-state index in [0.717, 1.165) is 25.4 Å². The Balaban J connectivity index is 2.56. The van der Waals surface area contributed by atoms with Gasteiger partial charge in [-0.1, -0.05) is 6.92 Å². The van der Waals surface area contributed by atoms with E-state index < -0.39 is 5.54 Å². The number of nitrogens with one attached hydrogen (secondary N) is 1. The van der Waals surface area contributed by atoms with Crippen LogP contribution in [0.3, 0.4) is 0 Å². The van der Waals surface area contributed by atoms with E-state index in [4.69, 9.17) is 0 Å². The molecule has 3 nitrogen and oxygen atoms in total. The molecule has 1 fully saturated rings. The minimum atomic E-state index is -0.427. The van der Waals surface area contributed by atoms with Crippen molar-refractivity contribution in [3.05, 3.63) is 0 Å². The second-order valence-electron chi connectivity index (χ2n) is 5.07. The Hall–Kier alpha value is -0.570. The van der Waals surface area contributed by atoms with Crippen molar-refractivity contribution in [2.75, 3.05) is 20.1 Å². The molecule has 1 aliphatic carbocycles. The van der Waals surface area contributed by atoms with Gasteiger partial charge in [0.25, 0.3) is 0 Å². The van der Waals surface area contributed by atoms with Crippen molar-refractivity contribution in [3.8, 4) is 0 Å². The van der Waals surface area contributed by atoms with Crippen LogP contribution in [-0.2, 0) is 4.79 Å². The number of hydrogen-bond acceptors (Lipinski definition) is 2. The van der Waals surface area contributed by atoms with Crippen molar-refractivity contribution in [2.24, 2.45) is 5.92 Å². The summed E-state index contributed by atoms with van der Waals surface area (Å²) in [7, 11) is 1.85. The standard InChI is InChI=1S/C12H24N2O/c1-5-8-14(9-10-6-7-10)11(15)12(2,3)13-4/h10,13H,5-9H2,1-4H3. The van der Waals surface area contributed by atoms with E-state index in [0.29, 0.717) is 0 Å². The number of hydrogen-bond donors (Lipinski definition) is 1. The molecular formula is C12H24N2O. The molecule has 0 aromatic rings. The number of amides is 1. The summed E-state index contributed by atoms with van der Waals surface area (Å²) < 4.78 is 0. The van der Waals surface area contributed by atoms with Crippen LogP contribution < -0.4 is 5.32 Å². The van der Waals surface area contributed by atoms with Crippen molar-refractivity contribution >= 4 is 5.91 Å². The average molecular weight is 212 g/mol. The van der Waals surface area contributed by atoms with Crippen LogP contribution in [0.15, 0.2) is 0 Å². The zero-order valence-electron chi connectivity index (χ0n) is 10.5. The lowest BCUT2D eigenvalue weighted by Gasteiger charge is -2.31. The zero-order chi connectivity index (χ0) is 11.5. The molecule has 1 rings (SSSR count). The van der Waals surface area contributed by atoms with Crippen LogP contribution in [0.5, 0.6) is 0 Å². The molecular weight excluding hydrogens is 188 g/mol. The van der Waals surface area contributed by atoms with Gasteiger partial charge in [0.2, 0.25) is 5.91 Å². The molecule has 0 unspecified atom stereocenters. The lowest BCUT2D eigenvalue weighted by Crippen LogP contribution is -2.53. The molecule has 0 bridgehead atoms. The zero-order valence-corrected chi connectivity index (χ0v) is 10.5. The monoisotopic (exact) mass is 212 g/mol. The number of carbonyl (C=O) groups excluding carboxylic acids is 1. The summed E-state index contributed by atoms with van der Waals surface area (Å²) in [6, 6.07) is 0. The summed E-state index contributed by atoms with van der Waals surface area (Å²) >= 11 is 0. The Labute approximate surface area is 93.2 Å². The van der Waals surface area contributed by atoms with E-state index in [-0.39, 0.29) is 5.91 Å². The Kier molecular flexibility index (Phi) is 4.14. The molecule has 0 aliphatic heterocycles. The lowest BCUT2D eigenvalue weighted by molar-refractivity contribution is -0.137. The highest BCUT2D eigenvalue weighted by molar-refractivity contribution is 5.85. The molecule has 1 saturated carbocycles. The molecule has 88 valence electrons. The second kappa shape index (κ2) is 4.97. The maximum atomic E-state index is 12.2. The number of likely N-dealkylation sites (N-methyl/N-ethyl adjacent to an activating group) is 1. The van der Waals surface area contributed by atoms with Gasteiger partial charge in [-0.15, -0.1) is 0 Å². The van der Waals surface area contributed by atoms with Gasteiger partial charge in [-0.25, -0.2) is 0 Å². The summed E-state index contributed by atoms with van der Waals surface area (Å²) in [5, 5.41) is 3.08. The van der Waals surface area contributed by atoms with Crippen molar-refractivity contribution in [1.29, 1.82) is 0 Å². The van der Waals surface area contributed by atoms with E-state index in [1.165, 1.54) is 12.8 Å². The molecule has 3 heteroatoms. The predicted octanol–water partition coefficient (Wildman–Crippen LogP) is 1.63. The van der Waals surface area contributed by atoms with Crippen LogP contribution in [-0.4, -0.2) is 36.5 Å². The molecule has 0 heterocycles. The van der Waals surface area contributed by atoms with Gasteiger partial charge >= 0.3 is 0 Å². The molecule has 0 saturated heterocycles. The third-order valence-corrected chi connectivity index (χ3v) is 3.12. The van der Waals surface area contributed by atoms with Gasteiger partial charge in [0.1, 0.15) is 0 Å². The van der Waals surface area contributed by atoms with Crippen LogP contribution >= 0.6 is 0 Å². The van der Waals surface area contributed by atoms with Gasteiger partial charge < -0.3 is 10.2 Å². The van der Waals surface area contributed by atoms with Crippen LogP contribution in [0, 0.1) is 5.92 Å². The van der Waals surface area contributed by atoms with E-state index in [9.17, 15) is 4.79 Å². The number of rotatable bonds is 6. The summed E-state index contributed by atoms with van der Waals surface area (Å²) in [5.41, 5.74) is -0.427. The number of carbonyl (C=O) groups is 1. The molecule has 0 atom stereocenters. The van der Waals surface area contributed by atoms with Crippen LogP contribution in [0.4, 0.5) is 0 Å². The minimum absolute atomic E-state index is 0.235. The van der Waals surface area contributed by atoms with Crippen molar-refractivity contribution in [1.82, 2.24) is 10.2 Å². The molecule has 0 aromatic carbocycles. The molecule has 1 amide bonds. The highest BCUT2D eigenvalue weighted by atomic mass is 16.2. The van der Waals surface area contributed by atoms with Gasteiger partial charge in [-0.3, -0.25) is 4.79 Å². The fourth-order valence-electron chi connectivity index (χ4n) is 1.66. The van der Waals surface area contributed by atoms with Gasteiger partial charge in [0, 0.05) is 13.1 Å². The van der Waals surface area contributed by atoms with Gasteiger partial charge in [0.15, 0.2) is 0 Å². The smallest absolute Gasteiger partial charge is 0.242 e. The van der Waals surface area contributed by atoms with Gasteiger partial charge in [-0.05, 0) is 46.1 Å². The largest absolute Gasteiger partial charge is 0.341 e. The quantitative estimate of drug-likeness (QED) is 0.726. The van der Waals surface area contributed by atoms with E-state index >= 15 is 0 Å². The van der Waals surface area contributed by atoms with Crippen LogP contribution in [0.1, 0.15) is 40.0 Å². The summed E-state index contributed by atoms with van der Waals surface area (Å²) in [6.45, 7) is 7.87. The lowest BCUT2D eigenvalue weighted by atomic mass is 10.0. The summed E-state index contributed by atoms with van der Waals surface area (Å²) in [4.78, 5) is 14.2. The predicted molar refractivity (Wildman–Crippen MR) is 62.7 cm³/mol. The van der Waals surface area contributed by atoms with Crippen molar-refractivity contribution < 1.29 is 4.79 Å². The fourth-order valence-corrected chi connectivity index (χ4v) is 1.66. The highest BCUT2D eigenvalue weighted by Gasteiger charge is 2.33. The number of nitrogens with zero attached hydrogens (tertiary/aromatic N) is 1. The second-order valence-corrected chi connectivity index (χ2v) is 5.07. The third-order valence-electron chi connectivity index (χ3n) is 3.12. The molecule has 1 aliphatic rings. The summed E-state index contributed by atoms with van der Waals surface area (Å²) in [6.07, 6.45) is 3.64. The first-order valence-electron chi connectivity index (χ1n) is 5.99. The highest BCUT2D eigenvalue weighted by Crippen LogP contribution is 2.30. The first-order valence-corrected chi connectivity index (χ1v) is 5.99. The van der Waals surface area contributed by atoms with E-state index in [1.54, 1.807) is 0 Å². The Morgan fingerprint density at radius 3 is 2.47 bits per heavy atom. The van der Waals surface area contributed by atoms with E-state index in [1.807, 2.05) is 25.8 Å². The maximum Gasteiger partial charge on any atom is 0.242 e. The molecule has 1 N–H and O–H groups in total. The third kappa shape index (κ3) is 3.49. The normalized spacial score (nSPS) is 16.5. The Bertz CT molecular complexity index is 222.